The molecule has 4 rings (SSSR count). The predicted octanol–water partition coefficient (Wildman–Crippen LogP) is 0.879. The van der Waals surface area contributed by atoms with Gasteiger partial charge in [-0.1, -0.05) is 18.2 Å². The van der Waals surface area contributed by atoms with Gasteiger partial charge in [0.25, 0.3) is 0 Å². The van der Waals surface area contributed by atoms with E-state index >= 15 is 0 Å². The molecule has 22 heavy (non-hydrogen) atoms. The first kappa shape index (κ1) is 12.9. The summed E-state index contributed by atoms with van der Waals surface area (Å²) in [6.45, 7) is 0.365. The van der Waals surface area contributed by atoms with E-state index in [4.69, 9.17) is 5.84 Å². The summed E-state index contributed by atoms with van der Waals surface area (Å²) in [5, 5.41) is 10.7. The summed E-state index contributed by atoms with van der Waals surface area (Å²) in [5.41, 5.74) is 6.63. The number of fused-ring (bicyclic) bond motifs is 2. The number of nitrogens with zero attached hydrogens (tertiary/aromatic N) is 2. The van der Waals surface area contributed by atoms with E-state index in [9.17, 15) is 10.1 Å². The summed E-state index contributed by atoms with van der Waals surface area (Å²) in [6.07, 6.45) is 6.98. The number of nitrogens with two attached hydrogens (primary N) is 1. The lowest BCUT2D eigenvalue weighted by atomic mass is 9.80. The van der Waals surface area contributed by atoms with Crippen molar-refractivity contribution in [1.29, 1.82) is 5.26 Å². The van der Waals surface area contributed by atoms with Crippen LogP contribution in [0.1, 0.15) is 11.1 Å². The topological polar surface area (TPSA) is 97.9 Å². The van der Waals surface area contributed by atoms with Crippen molar-refractivity contribution in [1.82, 2.24) is 15.3 Å². The van der Waals surface area contributed by atoms with Gasteiger partial charge in [0.2, 0.25) is 5.91 Å². The first-order valence-corrected chi connectivity index (χ1v) is 7.21. The third kappa shape index (κ3) is 1.66. The van der Waals surface area contributed by atoms with Crippen LogP contribution in [0.25, 0.3) is 16.5 Å². The van der Waals surface area contributed by atoms with E-state index in [0.29, 0.717) is 6.54 Å². The van der Waals surface area contributed by atoms with Gasteiger partial charge in [0, 0.05) is 23.6 Å². The van der Waals surface area contributed by atoms with Gasteiger partial charge in [-0.2, -0.15) is 5.26 Å². The molecule has 1 aromatic heterocycles. The second-order valence-electron chi connectivity index (χ2n) is 5.75. The van der Waals surface area contributed by atoms with E-state index in [1.807, 2.05) is 24.4 Å². The molecule has 6 heteroatoms. The fraction of sp³-hybridized carbons (Fsp3) is 0.250. The van der Waals surface area contributed by atoms with E-state index < -0.39 is 5.92 Å². The van der Waals surface area contributed by atoms with Crippen LogP contribution in [0.2, 0.25) is 0 Å². The first-order chi connectivity index (χ1) is 10.7. The van der Waals surface area contributed by atoms with Crippen molar-refractivity contribution in [3.63, 3.8) is 0 Å². The highest BCUT2D eigenvalue weighted by Gasteiger charge is 2.36. The minimum atomic E-state index is -0.411. The van der Waals surface area contributed by atoms with Crippen LogP contribution in [0.3, 0.4) is 0 Å². The predicted molar refractivity (Wildman–Crippen MR) is 81.9 cm³/mol. The molecule has 110 valence electrons. The van der Waals surface area contributed by atoms with Crippen LogP contribution in [0.15, 0.2) is 30.5 Å². The number of carbonyl (C=O) groups excluding carboxylic acids is 1. The lowest BCUT2D eigenvalue weighted by Crippen LogP contribution is -2.47. The van der Waals surface area contributed by atoms with Gasteiger partial charge in [-0.05, 0) is 29.2 Å². The van der Waals surface area contributed by atoms with Crippen LogP contribution in [0.4, 0.5) is 0 Å². The highest BCUT2D eigenvalue weighted by Crippen LogP contribution is 2.40. The molecule has 0 bridgehead atoms. The van der Waals surface area contributed by atoms with Gasteiger partial charge in [0.05, 0.1) is 12.0 Å². The number of amides is 1. The zero-order valence-electron chi connectivity index (χ0n) is 11.8. The number of aromatic nitrogens is 1. The molecular weight excluding hydrogens is 278 g/mol. The number of rotatable bonds is 1. The summed E-state index contributed by atoms with van der Waals surface area (Å²) in [5.74, 6) is 4.58. The van der Waals surface area contributed by atoms with E-state index in [1.165, 1.54) is 10.9 Å². The Balaban J connectivity index is 1.92. The highest BCUT2D eigenvalue weighted by atomic mass is 16.2. The molecule has 2 aliphatic rings. The average molecular weight is 293 g/mol. The number of nitriles is 1. The molecule has 2 atom stereocenters. The summed E-state index contributed by atoms with van der Waals surface area (Å²) >= 11 is 0. The average Bonchev–Trinajstić information content (AvgIpc) is 2.98. The summed E-state index contributed by atoms with van der Waals surface area (Å²) in [4.78, 5) is 16.9. The molecule has 1 amide bonds. The Morgan fingerprint density at radius 1 is 1.50 bits per heavy atom. The SMILES string of the molecule is N#CN1CC(C(=O)NN)C=C2c3cccc4[nH]cc(c34)C[C@H]21. The number of carbonyl (C=O) groups is 1. The lowest BCUT2D eigenvalue weighted by Gasteiger charge is -2.38. The van der Waals surface area contributed by atoms with Crippen LogP contribution >= 0.6 is 0 Å². The van der Waals surface area contributed by atoms with Crippen molar-refractivity contribution in [2.45, 2.75) is 12.5 Å². The molecule has 0 fully saturated rings. The maximum absolute atomic E-state index is 11.9. The zero-order valence-corrected chi connectivity index (χ0v) is 11.8. The number of H-pyrrole nitrogens is 1. The number of aromatic amines is 1. The zero-order chi connectivity index (χ0) is 15.3. The second-order valence-corrected chi connectivity index (χ2v) is 5.75. The Bertz CT molecular complexity index is 844. The maximum Gasteiger partial charge on any atom is 0.242 e. The van der Waals surface area contributed by atoms with E-state index in [-0.39, 0.29) is 11.9 Å². The first-order valence-electron chi connectivity index (χ1n) is 7.21. The quantitative estimate of drug-likeness (QED) is 0.314. The number of nitrogens with one attached hydrogen (secondary N) is 2. The van der Waals surface area contributed by atoms with Gasteiger partial charge in [-0.25, -0.2) is 5.84 Å². The van der Waals surface area contributed by atoms with Crippen LogP contribution < -0.4 is 11.3 Å². The molecule has 0 spiro atoms. The Morgan fingerprint density at radius 2 is 2.36 bits per heavy atom. The molecule has 2 aromatic rings. The molecule has 0 saturated heterocycles. The van der Waals surface area contributed by atoms with Gasteiger partial charge >= 0.3 is 0 Å². The minimum Gasteiger partial charge on any atom is -0.361 e. The van der Waals surface area contributed by atoms with E-state index in [0.717, 1.165) is 23.1 Å². The van der Waals surface area contributed by atoms with Crippen molar-refractivity contribution in [2.24, 2.45) is 11.8 Å². The largest absolute Gasteiger partial charge is 0.361 e. The van der Waals surface area contributed by atoms with Crippen LogP contribution in [-0.4, -0.2) is 28.4 Å². The number of hydrogen-bond donors (Lipinski definition) is 3. The van der Waals surface area contributed by atoms with Gasteiger partial charge in [0.1, 0.15) is 0 Å². The lowest BCUT2D eigenvalue weighted by molar-refractivity contribution is -0.124. The number of benzene rings is 1. The van der Waals surface area contributed by atoms with Crippen LogP contribution in [0, 0.1) is 17.4 Å². The van der Waals surface area contributed by atoms with Crippen molar-refractivity contribution in [3.05, 3.63) is 41.6 Å². The standard InChI is InChI=1S/C16H15N5O/c17-8-21-7-10(16(22)20-18)4-12-11-2-1-3-13-15(11)9(6-19-13)5-14(12)21/h1-4,6,10,14,19H,5,7,18H2,(H,20,22)/t10?,14-/m1/s1. The maximum atomic E-state index is 11.9. The Hall–Kier alpha value is -2.78. The molecular formula is C16H15N5O. The smallest absolute Gasteiger partial charge is 0.242 e. The Labute approximate surface area is 127 Å². The molecule has 0 radical (unpaired) electrons. The van der Waals surface area contributed by atoms with Gasteiger partial charge in [-0.15, -0.1) is 0 Å². The molecule has 2 heterocycles. The Morgan fingerprint density at radius 3 is 3.14 bits per heavy atom. The fourth-order valence-electron chi connectivity index (χ4n) is 3.62. The molecule has 1 aliphatic carbocycles. The summed E-state index contributed by atoms with van der Waals surface area (Å²) in [6, 6.07) is 6.07. The minimum absolute atomic E-state index is 0.0132. The van der Waals surface area contributed by atoms with Crippen molar-refractivity contribution in [2.75, 3.05) is 6.54 Å². The van der Waals surface area contributed by atoms with Gasteiger partial charge in [-0.3, -0.25) is 10.2 Å². The van der Waals surface area contributed by atoms with E-state index in [1.54, 1.807) is 4.90 Å². The second kappa shape index (κ2) is 4.61. The van der Waals surface area contributed by atoms with Crippen LogP contribution in [-0.2, 0) is 11.2 Å². The highest BCUT2D eigenvalue weighted by molar-refractivity contribution is 5.99. The Kier molecular flexibility index (Phi) is 2.71. The molecule has 6 nitrogen and oxygen atoms in total. The third-order valence-corrected chi connectivity index (χ3v) is 4.63. The third-order valence-electron chi connectivity index (χ3n) is 4.63. The van der Waals surface area contributed by atoms with Gasteiger partial charge < -0.3 is 9.88 Å². The number of hydrazine groups is 1. The van der Waals surface area contributed by atoms with Gasteiger partial charge in [0.15, 0.2) is 6.19 Å². The van der Waals surface area contributed by atoms with E-state index in [2.05, 4.69) is 22.7 Å². The molecule has 0 saturated carbocycles. The normalized spacial score (nSPS) is 22.7. The van der Waals surface area contributed by atoms with Crippen molar-refractivity contribution in [3.8, 4) is 6.19 Å². The van der Waals surface area contributed by atoms with Crippen molar-refractivity contribution >= 4 is 22.4 Å². The number of hydrogen-bond acceptors (Lipinski definition) is 4. The molecule has 1 aliphatic heterocycles. The van der Waals surface area contributed by atoms with Crippen LogP contribution in [0.5, 0.6) is 0 Å². The molecule has 1 aromatic carbocycles. The molecule has 1 unspecified atom stereocenters. The van der Waals surface area contributed by atoms with Crippen molar-refractivity contribution < 1.29 is 4.79 Å². The summed E-state index contributed by atoms with van der Waals surface area (Å²) < 4.78 is 0. The fourth-order valence-corrected chi connectivity index (χ4v) is 3.62. The summed E-state index contributed by atoms with van der Waals surface area (Å²) in [7, 11) is 0. The monoisotopic (exact) mass is 293 g/mol. The molecule has 4 N–H and O–H groups in total.